The van der Waals surface area contributed by atoms with Gasteiger partial charge in [-0.15, -0.1) is 5.10 Å². The summed E-state index contributed by atoms with van der Waals surface area (Å²) in [6.45, 7) is 0.480. The van der Waals surface area contributed by atoms with E-state index in [9.17, 15) is 0 Å². The number of benzene rings is 2. The van der Waals surface area contributed by atoms with Crippen LogP contribution in [0.15, 0.2) is 73.2 Å². The summed E-state index contributed by atoms with van der Waals surface area (Å²) in [7, 11) is 0. The van der Waals surface area contributed by atoms with Crippen LogP contribution >= 0.6 is 11.6 Å². The van der Waals surface area contributed by atoms with Gasteiger partial charge in [-0.3, -0.25) is 14.8 Å². The van der Waals surface area contributed by atoms with Gasteiger partial charge < -0.3 is 0 Å². The van der Waals surface area contributed by atoms with E-state index in [0.29, 0.717) is 11.6 Å². The third kappa shape index (κ3) is 3.04. The fourth-order valence-corrected chi connectivity index (χ4v) is 3.89. The predicted molar refractivity (Wildman–Crippen MR) is 118 cm³/mol. The lowest BCUT2D eigenvalue weighted by Crippen LogP contribution is -2.06. The standard InChI is InChI=1S/C22H15ClN8/c23-17-2-1-8-24-20(17)13-30-21(7-9-26-30)14-4-6-18-22(10-14)31(29-28-18)16-5-3-15-12-25-27-19(15)11-16/h1-12H,13H2,(H,25,27). The lowest BCUT2D eigenvalue weighted by Gasteiger charge is -2.09. The van der Waals surface area contributed by atoms with Gasteiger partial charge in [-0.25, -0.2) is 4.68 Å². The van der Waals surface area contributed by atoms with Crippen LogP contribution in [0.3, 0.4) is 0 Å². The Hall–Kier alpha value is -4.04. The molecule has 6 aromatic rings. The molecule has 0 aliphatic carbocycles. The third-order valence-electron chi connectivity index (χ3n) is 5.26. The Morgan fingerprint density at radius 3 is 2.90 bits per heavy atom. The molecule has 0 amide bonds. The molecule has 31 heavy (non-hydrogen) atoms. The average molecular weight is 427 g/mol. The summed E-state index contributed by atoms with van der Waals surface area (Å²) in [6, 6.07) is 17.7. The number of nitrogens with one attached hydrogen (secondary N) is 1. The summed E-state index contributed by atoms with van der Waals surface area (Å²) in [6.07, 6.45) is 5.31. The van der Waals surface area contributed by atoms with E-state index >= 15 is 0 Å². The number of fused-ring (bicyclic) bond motifs is 2. The first kappa shape index (κ1) is 17.8. The van der Waals surface area contributed by atoms with E-state index in [1.807, 2.05) is 57.9 Å². The maximum atomic E-state index is 6.29. The molecule has 1 N–H and O–H groups in total. The molecule has 0 atom stereocenters. The minimum atomic E-state index is 0.480. The summed E-state index contributed by atoms with van der Waals surface area (Å²) in [5.74, 6) is 0. The SMILES string of the molecule is Clc1cccnc1Cn1nccc1-c1ccc2nnn(-c3ccc4cn[nH]c4c3)c2c1. The third-order valence-corrected chi connectivity index (χ3v) is 5.61. The average Bonchev–Trinajstić information content (AvgIpc) is 3.53. The van der Waals surface area contributed by atoms with Crippen LogP contribution in [0.4, 0.5) is 0 Å². The second kappa shape index (κ2) is 7.03. The molecular weight excluding hydrogens is 412 g/mol. The van der Waals surface area contributed by atoms with Crippen molar-refractivity contribution in [1.82, 2.24) is 40.0 Å². The van der Waals surface area contributed by atoms with Crippen LogP contribution in [-0.4, -0.2) is 40.0 Å². The Balaban J connectivity index is 1.43. The number of nitrogens with zero attached hydrogens (tertiary/aromatic N) is 7. The van der Waals surface area contributed by atoms with Crippen molar-refractivity contribution in [2.45, 2.75) is 6.54 Å². The highest BCUT2D eigenvalue weighted by atomic mass is 35.5. The quantitative estimate of drug-likeness (QED) is 0.455. The summed E-state index contributed by atoms with van der Waals surface area (Å²) in [5, 5.41) is 21.9. The molecule has 0 aliphatic rings. The molecule has 0 bridgehead atoms. The minimum Gasteiger partial charge on any atom is -0.278 e. The molecule has 4 heterocycles. The van der Waals surface area contributed by atoms with Crippen molar-refractivity contribution >= 4 is 33.5 Å². The van der Waals surface area contributed by atoms with Crippen LogP contribution in [0.2, 0.25) is 5.02 Å². The second-order valence-electron chi connectivity index (χ2n) is 7.15. The summed E-state index contributed by atoms with van der Waals surface area (Å²) >= 11 is 6.29. The zero-order valence-corrected chi connectivity index (χ0v) is 16.9. The van der Waals surface area contributed by atoms with E-state index in [-0.39, 0.29) is 0 Å². The Kier molecular flexibility index (Phi) is 4.03. The van der Waals surface area contributed by atoms with E-state index in [4.69, 9.17) is 11.6 Å². The van der Waals surface area contributed by atoms with Gasteiger partial charge in [0.15, 0.2) is 0 Å². The van der Waals surface area contributed by atoms with Crippen molar-refractivity contribution in [3.8, 4) is 16.9 Å². The first-order chi connectivity index (χ1) is 15.3. The molecular formula is C22H15ClN8. The summed E-state index contributed by atoms with van der Waals surface area (Å²) in [5.41, 5.74) is 6.30. The first-order valence-corrected chi connectivity index (χ1v) is 10.0. The normalized spacial score (nSPS) is 11.5. The van der Waals surface area contributed by atoms with E-state index < -0.39 is 0 Å². The fourth-order valence-electron chi connectivity index (χ4n) is 3.71. The molecule has 0 saturated heterocycles. The smallest absolute Gasteiger partial charge is 0.113 e. The number of pyridine rings is 1. The van der Waals surface area contributed by atoms with Gasteiger partial charge in [-0.1, -0.05) is 22.9 Å². The summed E-state index contributed by atoms with van der Waals surface area (Å²) in [4.78, 5) is 4.38. The zero-order chi connectivity index (χ0) is 20.8. The van der Waals surface area contributed by atoms with Crippen molar-refractivity contribution in [3.63, 3.8) is 0 Å². The summed E-state index contributed by atoms with van der Waals surface area (Å²) < 4.78 is 3.72. The molecule has 4 aromatic heterocycles. The predicted octanol–water partition coefficient (Wildman–Crippen LogP) is 4.26. The van der Waals surface area contributed by atoms with E-state index in [1.165, 1.54) is 0 Å². The highest BCUT2D eigenvalue weighted by Crippen LogP contribution is 2.26. The van der Waals surface area contributed by atoms with Gasteiger partial charge in [0.25, 0.3) is 0 Å². The molecule has 0 fully saturated rings. The van der Waals surface area contributed by atoms with Crippen LogP contribution in [0.1, 0.15) is 5.69 Å². The van der Waals surface area contributed by atoms with Gasteiger partial charge in [0.2, 0.25) is 0 Å². The number of hydrogen-bond donors (Lipinski definition) is 1. The largest absolute Gasteiger partial charge is 0.278 e. The topological polar surface area (TPSA) is 90.1 Å². The highest BCUT2D eigenvalue weighted by molar-refractivity contribution is 6.31. The van der Waals surface area contributed by atoms with Gasteiger partial charge in [-0.05, 0) is 48.5 Å². The van der Waals surface area contributed by atoms with E-state index in [1.54, 1.807) is 18.6 Å². The van der Waals surface area contributed by atoms with E-state index in [0.717, 1.165) is 44.6 Å². The number of H-pyrrole nitrogens is 1. The van der Waals surface area contributed by atoms with E-state index in [2.05, 4.69) is 36.7 Å². The van der Waals surface area contributed by atoms with Crippen LogP contribution in [0, 0.1) is 0 Å². The molecule has 6 rings (SSSR count). The van der Waals surface area contributed by atoms with Crippen LogP contribution in [0.25, 0.3) is 38.9 Å². The number of hydrogen-bond acceptors (Lipinski definition) is 5. The highest BCUT2D eigenvalue weighted by Gasteiger charge is 2.13. The van der Waals surface area contributed by atoms with Crippen molar-refractivity contribution in [3.05, 3.63) is 83.9 Å². The van der Waals surface area contributed by atoms with Crippen molar-refractivity contribution in [2.24, 2.45) is 0 Å². The minimum absolute atomic E-state index is 0.480. The van der Waals surface area contributed by atoms with Crippen molar-refractivity contribution in [2.75, 3.05) is 0 Å². The number of aromatic amines is 1. The molecule has 2 aromatic carbocycles. The Morgan fingerprint density at radius 2 is 1.97 bits per heavy atom. The molecule has 0 unspecified atom stereocenters. The second-order valence-corrected chi connectivity index (χ2v) is 7.56. The van der Waals surface area contributed by atoms with Crippen molar-refractivity contribution in [1.29, 1.82) is 0 Å². The Labute approximate surface area is 181 Å². The fraction of sp³-hybridized carbons (Fsp3) is 0.0455. The number of aromatic nitrogens is 8. The van der Waals surface area contributed by atoms with Crippen LogP contribution < -0.4 is 0 Å². The zero-order valence-electron chi connectivity index (χ0n) is 16.1. The lowest BCUT2D eigenvalue weighted by atomic mass is 10.1. The van der Waals surface area contributed by atoms with Crippen LogP contribution in [0.5, 0.6) is 0 Å². The molecule has 0 aliphatic heterocycles. The molecule has 0 radical (unpaired) electrons. The number of rotatable bonds is 4. The lowest BCUT2D eigenvalue weighted by molar-refractivity contribution is 0.680. The molecule has 0 saturated carbocycles. The number of halogens is 1. The monoisotopic (exact) mass is 426 g/mol. The first-order valence-electron chi connectivity index (χ1n) is 9.67. The van der Waals surface area contributed by atoms with Crippen molar-refractivity contribution < 1.29 is 0 Å². The molecule has 8 nitrogen and oxygen atoms in total. The van der Waals surface area contributed by atoms with Gasteiger partial charge >= 0.3 is 0 Å². The Morgan fingerprint density at radius 1 is 1.00 bits per heavy atom. The molecule has 150 valence electrons. The van der Waals surface area contributed by atoms with Gasteiger partial charge in [0, 0.05) is 23.3 Å². The molecule has 9 heteroatoms. The van der Waals surface area contributed by atoms with Crippen LogP contribution in [-0.2, 0) is 6.54 Å². The van der Waals surface area contributed by atoms with Gasteiger partial charge in [0.1, 0.15) is 5.52 Å². The maximum Gasteiger partial charge on any atom is 0.113 e. The molecule has 0 spiro atoms. The van der Waals surface area contributed by atoms with Gasteiger partial charge in [0.05, 0.1) is 45.9 Å². The Bertz CT molecular complexity index is 1540. The maximum absolute atomic E-state index is 6.29. The van der Waals surface area contributed by atoms with Gasteiger partial charge in [-0.2, -0.15) is 10.2 Å².